The molecule has 84 valence electrons. The first-order chi connectivity index (χ1) is 6.92. The van der Waals surface area contributed by atoms with Crippen LogP contribution in [0.4, 0.5) is 17.6 Å². The number of carbonyl (C=O) groups is 1. The minimum absolute atomic E-state index is 0.0213. The molecule has 1 aliphatic carbocycles. The second-order valence-corrected chi connectivity index (χ2v) is 3.01. The molecule has 0 heterocycles. The van der Waals surface area contributed by atoms with Crippen LogP contribution in [0.2, 0.25) is 0 Å². The van der Waals surface area contributed by atoms with Crippen molar-refractivity contribution in [3.63, 3.8) is 0 Å². The summed E-state index contributed by atoms with van der Waals surface area (Å²) in [5.41, 5.74) is 0.215. The van der Waals surface area contributed by atoms with E-state index in [1.54, 1.807) is 0 Å². The number of alkyl halides is 3. The molecule has 0 N–H and O–H groups in total. The van der Waals surface area contributed by atoms with Crippen molar-refractivity contribution in [2.45, 2.75) is 19.0 Å². The summed E-state index contributed by atoms with van der Waals surface area (Å²) in [5, 5.41) is 0. The molecule has 0 unspecified atom stereocenters. The predicted molar refractivity (Wildman–Crippen MR) is 43.5 cm³/mol. The highest BCUT2D eigenvalue weighted by atomic mass is 19.4. The van der Waals surface area contributed by atoms with Crippen molar-refractivity contribution >= 4 is 6.29 Å². The lowest BCUT2D eigenvalue weighted by Crippen LogP contribution is -2.17. The van der Waals surface area contributed by atoms with Crippen LogP contribution >= 0.6 is 0 Å². The predicted octanol–water partition coefficient (Wildman–Crippen LogP) is 2.67. The Morgan fingerprint density at radius 3 is 2.53 bits per heavy atom. The van der Waals surface area contributed by atoms with E-state index in [-0.39, 0.29) is 24.2 Å². The van der Waals surface area contributed by atoms with Crippen LogP contribution < -0.4 is 0 Å². The van der Waals surface area contributed by atoms with Gasteiger partial charge < -0.3 is 4.74 Å². The third-order valence-corrected chi connectivity index (χ3v) is 1.78. The first kappa shape index (κ1) is 11.7. The van der Waals surface area contributed by atoms with E-state index in [0.717, 1.165) is 6.08 Å². The summed E-state index contributed by atoms with van der Waals surface area (Å²) < 4.78 is 52.5. The van der Waals surface area contributed by atoms with E-state index in [4.69, 9.17) is 0 Å². The third-order valence-electron chi connectivity index (χ3n) is 1.78. The van der Waals surface area contributed by atoms with Gasteiger partial charge in [-0.3, -0.25) is 4.79 Å². The average molecular weight is 224 g/mol. The molecule has 0 aliphatic heterocycles. The van der Waals surface area contributed by atoms with E-state index in [9.17, 15) is 22.4 Å². The van der Waals surface area contributed by atoms with Gasteiger partial charge in [-0.1, -0.05) is 0 Å². The highest BCUT2D eigenvalue weighted by molar-refractivity contribution is 5.74. The second kappa shape index (κ2) is 4.46. The Bertz CT molecular complexity index is 315. The molecular formula is C9H8F4O2. The van der Waals surface area contributed by atoms with Gasteiger partial charge in [0.05, 0.1) is 0 Å². The van der Waals surface area contributed by atoms with Gasteiger partial charge in [0.15, 0.2) is 12.4 Å². The molecule has 0 atom stereocenters. The quantitative estimate of drug-likeness (QED) is 0.544. The van der Waals surface area contributed by atoms with Gasteiger partial charge in [0, 0.05) is 6.42 Å². The highest BCUT2D eigenvalue weighted by Gasteiger charge is 2.29. The normalized spacial score (nSPS) is 17.5. The summed E-state index contributed by atoms with van der Waals surface area (Å²) in [7, 11) is 0. The molecule has 0 aromatic carbocycles. The van der Waals surface area contributed by atoms with Gasteiger partial charge in [-0.05, 0) is 18.1 Å². The first-order valence-corrected chi connectivity index (χ1v) is 4.16. The zero-order valence-electron chi connectivity index (χ0n) is 7.60. The SMILES string of the molecule is O=CC1=CC(F)=C(OCC(F)(F)F)CC1. The maximum atomic E-state index is 13.0. The standard InChI is InChI=1S/C9H8F4O2/c10-7-3-6(4-14)1-2-8(7)15-5-9(11,12)13/h3-4H,1-2,5H2. The smallest absolute Gasteiger partial charge is 0.422 e. The lowest BCUT2D eigenvalue weighted by Gasteiger charge is -2.15. The molecule has 0 aromatic rings. The van der Waals surface area contributed by atoms with Crippen molar-refractivity contribution in [2.24, 2.45) is 0 Å². The Balaban J connectivity index is 2.63. The fourth-order valence-electron chi connectivity index (χ4n) is 1.10. The maximum Gasteiger partial charge on any atom is 0.422 e. The monoisotopic (exact) mass is 224 g/mol. The number of allylic oxidation sites excluding steroid dienone is 4. The summed E-state index contributed by atoms with van der Waals surface area (Å²) in [6.45, 7) is -1.51. The molecular weight excluding hydrogens is 216 g/mol. The van der Waals surface area contributed by atoms with Gasteiger partial charge in [-0.2, -0.15) is 13.2 Å². The molecule has 0 saturated carbocycles. The van der Waals surface area contributed by atoms with Crippen molar-refractivity contribution in [3.8, 4) is 0 Å². The molecule has 0 bridgehead atoms. The van der Waals surface area contributed by atoms with E-state index in [1.807, 2.05) is 0 Å². The summed E-state index contributed by atoms with van der Waals surface area (Å²) in [4.78, 5) is 10.3. The van der Waals surface area contributed by atoms with Gasteiger partial charge in [0.1, 0.15) is 12.0 Å². The maximum absolute atomic E-state index is 13.0. The molecule has 0 saturated heterocycles. The van der Waals surface area contributed by atoms with Crippen LogP contribution in [0.25, 0.3) is 0 Å². The Labute approximate surface area is 83.2 Å². The summed E-state index contributed by atoms with van der Waals surface area (Å²) >= 11 is 0. The van der Waals surface area contributed by atoms with Crippen molar-refractivity contribution in [1.82, 2.24) is 0 Å². The average Bonchev–Trinajstić information content (AvgIpc) is 2.14. The number of carbonyl (C=O) groups excluding carboxylic acids is 1. The van der Waals surface area contributed by atoms with Crippen molar-refractivity contribution in [1.29, 1.82) is 0 Å². The summed E-state index contributed by atoms with van der Waals surface area (Å²) in [6.07, 6.45) is -2.94. The molecule has 0 fully saturated rings. The van der Waals surface area contributed by atoms with Crippen molar-refractivity contribution in [3.05, 3.63) is 23.2 Å². The number of ether oxygens (including phenoxy) is 1. The van der Waals surface area contributed by atoms with E-state index < -0.39 is 18.6 Å². The minimum Gasteiger partial charge on any atom is -0.485 e. The van der Waals surface area contributed by atoms with E-state index >= 15 is 0 Å². The van der Waals surface area contributed by atoms with Gasteiger partial charge in [-0.15, -0.1) is 0 Å². The lowest BCUT2D eigenvalue weighted by atomic mass is 10.0. The lowest BCUT2D eigenvalue weighted by molar-refractivity contribution is -0.165. The molecule has 0 spiro atoms. The van der Waals surface area contributed by atoms with E-state index in [1.165, 1.54) is 0 Å². The van der Waals surface area contributed by atoms with Crippen LogP contribution in [0.15, 0.2) is 23.2 Å². The molecule has 1 aliphatic rings. The molecule has 6 heteroatoms. The van der Waals surface area contributed by atoms with Crippen LogP contribution in [-0.2, 0) is 9.53 Å². The Kier molecular flexibility index (Phi) is 3.49. The summed E-state index contributed by atoms with van der Waals surface area (Å²) in [6, 6.07) is 0. The molecule has 15 heavy (non-hydrogen) atoms. The Morgan fingerprint density at radius 2 is 2.07 bits per heavy atom. The highest BCUT2D eigenvalue weighted by Crippen LogP contribution is 2.26. The van der Waals surface area contributed by atoms with Crippen LogP contribution in [0.5, 0.6) is 0 Å². The third kappa shape index (κ3) is 3.73. The molecule has 0 amide bonds. The molecule has 2 nitrogen and oxygen atoms in total. The molecule has 0 aromatic heterocycles. The van der Waals surface area contributed by atoms with Crippen LogP contribution in [0, 0.1) is 0 Å². The van der Waals surface area contributed by atoms with Crippen molar-refractivity contribution in [2.75, 3.05) is 6.61 Å². The largest absolute Gasteiger partial charge is 0.485 e. The van der Waals surface area contributed by atoms with Gasteiger partial charge in [-0.25, -0.2) is 4.39 Å². The zero-order valence-corrected chi connectivity index (χ0v) is 7.60. The van der Waals surface area contributed by atoms with Crippen LogP contribution in [0.1, 0.15) is 12.8 Å². The minimum atomic E-state index is -4.48. The Morgan fingerprint density at radius 1 is 1.40 bits per heavy atom. The number of hydrogen-bond acceptors (Lipinski definition) is 2. The van der Waals surface area contributed by atoms with E-state index in [2.05, 4.69) is 4.74 Å². The van der Waals surface area contributed by atoms with E-state index in [0.29, 0.717) is 6.29 Å². The number of rotatable bonds is 3. The molecule has 1 rings (SSSR count). The fourth-order valence-corrected chi connectivity index (χ4v) is 1.10. The molecule has 0 radical (unpaired) electrons. The topological polar surface area (TPSA) is 26.3 Å². The van der Waals surface area contributed by atoms with Gasteiger partial charge >= 0.3 is 6.18 Å². The van der Waals surface area contributed by atoms with Crippen LogP contribution in [-0.4, -0.2) is 19.1 Å². The number of hydrogen-bond donors (Lipinski definition) is 0. The zero-order chi connectivity index (χ0) is 11.5. The van der Waals surface area contributed by atoms with Gasteiger partial charge in [0.25, 0.3) is 0 Å². The number of aldehydes is 1. The second-order valence-electron chi connectivity index (χ2n) is 3.01. The van der Waals surface area contributed by atoms with Crippen molar-refractivity contribution < 1.29 is 27.1 Å². The first-order valence-electron chi connectivity index (χ1n) is 4.16. The van der Waals surface area contributed by atoms with Crippen LogP contribution in [0.3, 0.4) is 0 Å². The summed E-state index contributed by atoms with van der Waals surface area (Å²) in [5.74, 6) is -1.26. The fraction of sp³-hybridized carbons (Fsp3) is 0.444. The van der Waals surface area contributed by atoms with Gasteiger partial charge in [0.2, 0.25) is 0 Å². The Hall–Kier alpha value is -1.33. The number of halogens is 4.